The van der Waals surface area contributed by atoms with Gasteiger partial charge >= 0.3 is 12.0 Å². The summed E-state index contributed by atoms with van der Waals surface area (Å²) in [6.07, 6.45) is -0.0933. The van der Waals surface area contributed by atoms with E-state index in [0.29, 0.717) is 10.7 Å². The Morgan fingerprint density at radius 2 is 2.17 bits per heavy atom. The van der Waals surface area contributed by atoms with Crippen molar-refractivity contribution in [2.75, 3.05) is 18.9 Å². The smallest absolute Gasteiger partial charge is 0.321 e. The number of benzene rings is 1. The van der Waals surface area contributed by atoms with E-state index in [1.54, 1.807) is 12.1 Å². The van der Waals surface area contributed by atoms with Gasteiger partial charge in [0, 0.05) is 17.2 Å². The zero-order valence-corrected chi connectivity index (χ0v) is 12.5. The predicted molar refractivity (Wildman–Crippen MR) is 78.1 cm³/mol. The SMILES string of the molecule is CN(CCC(=O)O)C(=O)Nc1cc(I)ccc1Cl. The molecule has 2 N–H and O–H groups in total. The fourth-order valence-electron chi connectivity index (χ4n) is 1.17. The number of halogens is 2. The number of hydrogen-bond acceptors (Lipinski definition) is 2. The molecule has 0 aromatic heterocycles. The van der Waals surface area contributed by atoms with E-state index in [1.807, 2.05) is 6.07 Å². The molecule has 1 aromatic carbocycles. The first-order chi connectivity index (χ1) is 8.40. The molecule has 7 heteroatoms. The van der Waals surface area contributed by atoms with Crippen LogP contribution in [0.5, 0.6) is 0 Å². The van der Waals surface area contributed by atoms with Crippen molar-refractivity contribution in [3.8, 4) is 0 Å². The number of carboxylic acid groups (broad SMARTS) is 1. The number of urea groups is 1. The number of carboxylic acids is 1. The fraction of sp³-hybridized carbons (Fsp3) is 0.273. The quantitative estimate of drug-likeness (QED) is 0.787. The number of nitrogens with one attached hydrogen (secondary N) is 1. The second kappa shape index (κ2) is 6.79. The number of carbonyl (C=O) groups is 2. The molecule has 5 nitrogen and oxygen atoms in total. The first-order valence-corrected chi connectivity index (χ1v) is 6.55. The highest BCUT2D eigenvalue weighted by molar-refractivity contribution is 14.1. The maximum atomic E-state index is 11.7. The normalized spacial score (nSPS) is 9.94. The molecule has 0 saturated heterocycles. The van der Waals surface area contributed by atoms with E-state index < -0.39 is 5.97 Å². The second-order valence-electron chi connectivity index (χ2n) is 3.62. The third-order valence-corrected chi connectivity index (χ3v) is 3.18. The van der Waals surface area contributed by atoms with Crippen LogP contribution >= 0.6 is 34.2 Å². The van der Waals surface area contributed by atoms with E-state index in [0.717, 1.165) is 3.57 Å². The largest absolute Gasteiger partial charge is 0.481 e. The van der Waals surface area contributed by atoms with Crippen molar-refractivity contribution >= 4 is 51.9 Å². The van der Waals surface area contributed by atoms with E-state index in [2.05, 4.69) is 27.9 Å². The van der Waals surface area contributed by atoms with Crippen molar-refractivity contribution in [2.45, 2.75) is 6.42 Å². The lowest BCUT2D eigenvalue weighted by Gasteiger charge is -2.17. The molecule has 98 valence electrons. The lowest BCUT2D eigenvalue weighted by atomic mass is 10.3. The molecule has 1 aromatic rings. The molecule has 0 bridgehead atoms. The molecular formula is C11H12ClIN2O3. The summed E-state index contributed by atoms with van der Waals surface area (Å²) in [5, 5.41) is 11.6. The molecule has 0 fully saturated rings. The Balaban J connectivity index is 2.63. The number of amides is 2. The Morgan fingerprint density at radius 3 is 2.78 bits per heavy atom. The van der Waals surface area contributed by atoms with E-state index in [1.165, 1.54) is 11.9 Å². The van der Waals surface area contributed by atoms with E-state index in [4.69, 9.17) is 16.7 Å². The van der Waals surface area contributed by atoms with Crippen LogP contribution in [0.1, 0.15) is 6.42 Å². The number of carbonyl (C=O) groups excluding carboxylic acids is 1. The minimum atomic E-state index is -0.943. The highest BCUT2D eigenvalue weighted by Crippen LogP contribution is 2.24. The molecule has 0 aliphatic rings. The summed E-state index contributed by atoms with van der Waals surface area (Å²) in [5.41, 5.74) is 0.510. The third kappa shape index (κ3) is 4.69. The molecule has 0 heterocycles. The van der Waals surface area contributed by atoms with Gasteiger partial charge in [0.1, 0.15) is 0 Å². The van der Waals surface area contributed by atoms with Crippen molar-refractivity contribution in [2.24, 2.45) is 0 Å². The van der Waals surface area contributed by atoms with Gasteiger partial charge in [0.05, 0.1) is 17.1 Å². The van der Waals surface area contributed by atoms with Gasteiger partial charge < -0.3 is 15.3 Å². The van der Waals surface area contributed by atoms with Gasteiger partial charge in [-0.2, -0.15) is 0 Å². The van der Waals surface area contributed by atoms with E-state index in [-0.39, 0.29) is 19.0 Å². The molecule has 18 heavy (non-hydrogen) atoms. The summed E-state index contributed by atoms with van der Waals surface area (Å²) in [5.74, 6) is -0.943. The summed E-state index contributed by atoms with van der Waals surface area (Å²) in [6, 6.07) is 4.87. The first kappa shape index (κ1) is 15.0. The van der Waals surface area contributed by atoms with Crippen molar-refractivity contribution in [1.82, 2.24) is 4.90 Å². The monoisotopic (exact) mass is 382 g/mol. The van der Waals surface area contributed by atoms with Gasteiger partial charge in [-0.15, -0.1) is 0 Å². The minimum Gasteiger partial charge on any atom is -0.481 e. The Labute approximate surface area is 123 Å². The summed E-state index contributed by atoms with van der Waals surface area (Å²) in [6.45, 7) is 0.142. The molecule has 0 radical (unpaired) electrons. The van der Waals surface area contributed by atoms with Crippen LogP contribution in [0, 0.1) is 3.57 Å². The zero-order chi connectivity index (χ0) is 13.7. The Bertz CT molecular complexity index is 468. The zero-order valence-electron chi connectivity index (χ0n) is 9.61. The van der Waals surface area contributed by atoms with Crippen molar-refractivity contribution in [3.63, 3.8) is 0 Å². The van der Waals surface area contributed by atoms with E-state index >= 15 is 0 Å². The van der Waals surface area contributed by atoms with Crippen LogP contribution in [0.4, 0.5) is 10.5 Å². The molecule has 0 aliphatic carbocycles. The van der Waals surface area contributed by atoms with Crippen LogP contribution in [0.2, 0.25) is 5.02 Å². The van der Waals surface area contributed by atoms with Crippen LogP contribution in [-0.4, -0.2) is 35.6 Å². The molecule has 2 amide bonds. The van der Waals surface area contributed by atoms with Crippen LogP contribution in [0.3, 0.4) is 0 Å². The lowest BCUT2D eigenvalue weighted by molar-refractivity contribution is -0.137. The molecular weight excluding hydrogens is 370 g/mol. The molecule has 0 unspecified atom stereocenters. The van der Waals surface area contributed by atoms with E-state index in [9.17, 15) is 9.59 Å². The lowest BCUT2D eigenvalue weighted by Crippen LogP contribution is -2.33. The molecule has 0 saturated carbocycles. The minimum absolute atomic E-state index is 0.0933. The molecule has 0 aliphatic heterocycles. The predicted octanol–water partition coefficient (Wildman–Crippen LogP) is 2.88. The number of aliphatic carboxylic acids is 1. The average Bonchev–Trinajstić information content (AvgIpc) is 2.30. The van der Waals surface area contributed by atoms with Gasteiger partial charge in [-0.05, 0) is 40.8 Å². The highest BCUT2D eigenvalue weighted by Gasteiger charge is 2.12. The fourth-order valence-corrected chi connectivity index (χ4v) is 1.82. The average molecular weight is 383 g/mol. The van der Waals surface area contributed by atoms with Crippen LogP contribution in [0.15, 0.2) is 18.2 Å². The van der Waals surface area contributed by atoms with Crippen LogP contribution in [0.25, 0.3) is 0 Å². The standard InChI is InChI=1S/C11H12ClIN2O3/c1-15(5-4-10(16)17)11(18)14-9-6-7(13)2-3-8(9)12/h2-3,6H,4-5H2,1H3,(H,14,18)(H,16,17). The van der Waals surface area contributed by atoms with Crippen LogP contribution < -0.4 is 5.32 Å². The number of anilines is 1. The van der Waals surface area contributed by atoms with Crippen molar-refractivity contribution < 1.29 is 14.7 Å². The Kier molecular flexibility index (Phi) is 5.67. The van der Waals surface area contributed by atoms with Gasteiger partial charge in [-0.1, -0.05) is 11.6 Å². The number of rotatable bonds is 4. The third-order valence-electron chi connectivity index (χ3n) is 2.18. The topological polar surface area (TPSA) is 69.6 Å². The maximum Gasteiger partial charge on any atom is 0.321 e. The van der Waals surface area contributed by atoms with Crippen LogP contribution in [-0.2, 0) is 4.79 Å². The molecule has 0 atom stereocenters. The van der Waals surface area contributed by atoms with Gasteiger partial charge in [-0.3, -0.25) is 4.79 Å². The van der Waals surface area contributed by atoms with Crippen molar-refractivity contribution in [1.29, 1.82) is 0 Å². The summed E-state index contributed by atoms with van der Waals surface area (Å²) >= 11 is 8.05. The van der Waals surface area contributed by atoms with Crippen molar-refractivity contribution in [3.05, 3.63) is 26.8 Å². The number of nitrogens with zero attached hydrogens (tertiary/aromatic N) is 1. The van der Waals surface area contributed by atoms with Gasteiger partial charge in [0.15, 0.2) is 0 Å². The first-order valence-electron chi connectivity index (χ1n) is 5.09. The van der Waals surface area contributed by atoms with Gasteiger partial charge in [0.2, 0.25) is 0 Å². The summed E-state index contributed by atoms with van der Waals surface area (Å²) < 4.78 is 0.945. The summed E-state index contributed by atoms with van der Waals surface area (Å²) in [7, 11) is 1.53. The number of hydrogen-bond donors (Lipinski definition) is 2. The summed E-state index contributed by atoms with van der Waals surface area (Å²) in [4.78, 5) is 23.4. The second-order valence-corrected chi connectivity index (χ2v) is 5.27. The Morgan fingerprint density at radius 1 is 1.50 bits per heavy atom. The van der Waals surface area contributed by atoms with Gasteiger partial charge in [0.25, 0.3) is 0 Å². The van der Waals surface area contributed by atoms with Gasteiger partial charge in [-0.25, -0.2) is 4.79 Å². The highest BCUT2D eigenvalue weighted by atomic mass is 127. The molecule has 0 spiro atoms. The Hall–Kier alpha value is -1.02. The maximum absolute atomic E-state index is 11.7. The molecule has 1 rings (SSSR count).